The Morgan fingerprint density at radius 1 is 1.13 bits per heavy atom. The summed E-state index contributed by atoms with van der Waals surface area (Å²) in [7, 11) is 0. The molecule has 1 heterocycles. The molecule has 3 rings (SSSR count). The summed E-state index contributed by atoms with van der Waals surface area (Å²) in [4.78, 5) is 13.7. The van der Waals surface area contributed by atoms with E-state index in [0.717, 1.165) is 5.56 Å². The number of rotatable bonds is 2. The van der Waals surface area contributed by atoms with Crippen LogP contribution in [0.25, 0.3) is 12.2 Å². The molecule has 2 aromatic rings. The third kappa shape index (κ3) is 2.90. The first-order chi connectivity index (χ1) is 11.2. The van der Waals surface area contributed by atoms with E-state index in [1.807, 2.05) is 24.3 Å². The van der Waals surface area contributed by atoms with Crippen molar-refractivity contribution in [1.29, 1.82) is 5.26 Å². The van der Waals surface area contributed by atoms with Crippen molar-refractivity contribution in [2.45, 2.75) is 6.04 Å². The second kappa shape index (κ2) is 6.29. The van der Waals surface area contributed by atoms with Gasteiger partial charge in [-0.25, -0.2) is 4.39 Å². The van der Waals surface area contributed by atoms with Crippen LogP contribution in [0.1, 0.15) is 11.1 Å². The van der Waals surface area contributed by atoms with Gasteiger partial charge in [-0.15, -0.1) is 0 Å². The van der Waals surface area contributed by atoms with Crippen LogP contribution in [-0.4, -0.2) is 11.9 Å². The molecule has 1 amide bonds. The molecule has 4 heteroatoms. The van der Waals surface area contributed by atoms with Gasteiger partial charge in [0.25, 0.3) is 5.91 Å². The number of hydrogen-bond donors (Lipinski definition) is 0. The normalized spacial score (nSPS) is 16.6. The average Bonchev–Trinajstić information content (AvgIpc) is 2.61. The van der Waals surface area contributed by atoms with Crippen molar-refractivity contribution >= 4 is 23.7 Å². The van der Waals surface area contributed by atoms with Gasteiger partial charge < -0.3 is 0 Å². The lowest BCUT2D eigenvalue weighted by Gasteiger charge is -2.29. The second-order valence-corrected chi connectivity index (χ2v) is 5.07. The van der Waals surface area contributed by atoms with Crippen molar-refractivity contribution in [1.82, 2.24) is 0 Å². The average molecular weight is 304 g/mol. The number of carbonyl (C=O) groups is 1. The number of nitriles is 1. The SMILES string of the molecule is N#CC1C=Cc2ccccc2N1C(=O)/C(F)=C\c1ccccc1. The zero-order chi connectivity index (χ0) is 16.2. The zero-order valence-corrected chi connectivity index (χ0v) is 12.2. The largest absolute Gasteiger partial charge is 0.288 e. The maximum absolute atomic E-state index is 14.4. The van der Waals surface area contributed by atoms with Crippen molar-refractivity contribution in [3.8, 4) is 6.07 Å². The predicted molar refractivity (Wildman–Crippen MR) is 87.9 cm³/mol. The van der Waals surface area contributed by atoms with Gasteiger partial charge in [0, 0.05) is 0 Å². The Hall–Kier alpha value is -3.19. The Kier molecular flexibility index (Phi) is 4.03. The van der Waals surface area contributed by atoms with Gasteiger partial charge in [-0.3, -0.25) is 9.69 Å². The Morgan fingerprint density at radius 3 is 2.57 bits per heavy atom. The van der Waals surface area contributed by atoms with E-state index in [0.29, 0.717) is 11.3 Å². The minimum Gasteiger partial charge on any atom is -0.286 e. The highest BCUT2D eigenvalue weighted by molar-refractivity contribution is 6.09. The fraction of sp³-hybridized carbons (Fsp3) is 0.0526. The molecule has 0 fully saturated rings. The molecule has 1 unspecified atom stereocenters. The summed E-state index contributed by atoms with van der Waals surface area (Å²) in [6, 6.07) is 17.1. The number of carbonyl (C=O) groups excluding carboxylic acids is 1. The summed E-state index contributed by atoms with van der Waals surface area (Å²) >= 11 is 0. The summed E-state index contributed by atoms with van der Waals surface area (Å²) < 4.78 is 14.4. The highest BCUT2D eigenvalue weighted by Gasteiger charge is 2.30. The Balaban J connectivity index is 1.99. The van der Waals surface area contributed by atoms with Crippen LogP contribution in [0, 0.1) is 11.3 Å². The molecular weight excluding hydrogens is 291 g/mol. The van der Waals surface area contributed by atoms with E-state index in [1.54, 1.807) is 48.6 Å². The lowest BCUT2D eigenvalue weighted by molar-refractivity contribution is -0.116. The van der Waals surface area contributed by atoms with Gasteiger partial charge in [0.2, 0.25) is 0 Å². The quantitative estimate of drug-likeness (QED) is 0.789. The van der Waals surface area contributed by atoms with Gasteiger partial charge in [-0.05, 0) is 29.3 Å². The molecule has 0 N–H and O–H groups in total. The van der Waals surface area contributed by atoms with Crippen molar-refractivity contribution < 1.29 is 9.18 Å². The van der Waals surface area contributed by atoms with Crippen LogP contribution >= 0.6 is 0 Å². The van der Waals surface area contributed by atoms with E-state index in [2.05, 4.69) is 0 Å². The fourth-order valence-corrected chi connectivity index (χ4v) is 2.49. The van der Waals surface area contributed by atoms with E-state index in [1.165, 1.54) is 11.0 Å². The first-order valence-electron chi connectivity index (χ1n) is 7.13. The maximum atomic E-state index is 14.4. The number of anilines is 1. The van der Waals surface area contributed by atoms with Crippen LogP contribution in [-0.2, 0) is 4.79 Å². The highest BCUT2D eigenvalue weighted by Crippen LogP contribution is 2.30. The third-order valence-corrected chi connectivity index (χ3v) is 3.58. The maximum Gasteiger partial charge on any atom is 0.288 e. The van der Waals surface area contributed by atoms with Crippen LogP contribution in [0.5, 0.6) is 0 Å². The Morgan fingerprint density at radius 2 is 1.83 bits per heavy atom. The monoisotopic (exact) mass is 304 g/mol. The number of halogens is 1. The number of para-hydroxylation sites is 1. The number of fused-ring (bicyclic) bond motifs is 1. The van der Waals surface area contributed by atoms with E-state index < -0.39 is 17.8 Å². The van der Waals surface area contributed by atoms with Crippen LogP contribution in [0.15, 0.2) is 66.5 Å². The molecule has 2 aromatic carbocycles. The third-order valence-electron chi connectivity index (χ3n) is 3.58. The number of amides is 1. The molecule has 1 aliphatic rings. The van der Waals surface area contributed by atoms with Crippen molar-refractivity contribution in [2.24, 2.45) is 0 Å². The number of hydrogen-bond acceptors (Lipinski definition) is 2. The van der Waals surface area contributed by atoms with Crippen molar-refractivity contribution in [3.05, 3.63) is 77.6 Å². The van der Waals surface area contributed by atoms with Gasteiger partial charge in [0.05, 0.1) is 11.8 Å². The first kappa shape index (κ1) is 14.7. The molecule has 23 heavy (non-hydrogen) atoms. The standard InChI is InChI=1S/C19H13FN2O/c20-17(12-14-6-2-1-3-7-14)19(23)22-16(13-21)11-10-15-8-4-5-9-18(15)22/h1-12,16H/b17-12+. The van der Waals surface area contributed by atoms with Crippen LogP contribution in [0.4, 0.5) is 10.1 Å². The zero-order valence-electron chi connectivity index (χ0n) is 12.2. The first-order valence-corrected chi connectivity index (χ1v) is 7.13. The topological polar surface area (TPSA) is 44.1 Å². The van der Waals surface area contributed by atoms with Crippen LogP contribution < -0.4 is 4.90 Å². The van der Waals surface area contributed by atoms with Crippen LogP contribution in [0.3, 0.4) is 0 Å². The summed E-state index contributed by atoms with van der Waals surface area (Å²) in [6.07, 6.45) is 4.54. The molecule has 0 saturated heterocycles. The predicted octanol–water partition coefficient (Wildman–Crippen LogP) is 3.95. The molecule has 3 nitrogen and oxygen atoms in total. The molecule has 0 aromatic heterocycles. The molecular formula is C19H13FN2O. The van der Waals surface area contributed by atoms with E-state index >= 15 is 0 Å². The number of nitrogens with zero attached hydrogens (tertiary/aromatic N) is 2. The van der Waals surface area contributed by atoms with Crippen molar-refractivity contribution in [3.63, 3.8) is 0 Å². The van der Waals surface area contributed by atoms with E-state index in [9.17, 15) is 14.4 Å². The van der Waals surface area contributed by atoms with Gasteiger partial charge in [0.1, 0.15) is 6.04 Å². The molecule has 0 aliphatic carbocycles. The summed E-state index contributed by atoms with van der Waals surface area (Å²) in [5, 5.41) is 9.27. The Bertz CT molecular complexity index is 834. The molecule has 1 atom stereocenters. The van der Waals surface area contributed by atoms with E-state index in [-0.39, 0.29) is 0 Å². The minimum atomic E-state index is -0.901. The summed E-state index contributed by atoms with van der Waals surface area (Å²) in [5.74, 6) is -1.72. The molecule has 0 radical (unpaired) electrons. The smallest absolute Gasteiger partial charge is 0.286 e. The van der Waals surface area contributed by atoms with Crippen molar-refractivity contribution in [2.75, 3.05) is 4.90 Å². The van der Waals surface area contributed by atoms with Gasteiger partial charge >= 0.3 is 0 Å². The molecule has 0 saturated carbocycles. The Labute approximate surface area is 133 Å². The molecule has 112 valence electrons. The summed E-state index contributed by atoms with van der Waals surface area (Å²) in [5.41, 5.74) is 1.90. The van der Waals surface area contributed by atoms with Gasteiger partial charge in [-0.2, -0.15) is 5.26 Å². The van der Waals surface area contributed by atoms with Gasteiger partial charge in [-0.1, -0.05) is 54.6 Å². The molecule has 0 spiro atoms. The molecule has 1 aliphatic heterocycles. The van der Waals surface area contributed by atoms with Gasteiger partial charge in [0.15, 0.2) is 5.83 Å². The highest BCUT2D eigenvalue weighted by atomic mass is 19.1. The minimum absolute atomic E-state index is 0.531. The number of benzene rings is 2. The summed E-state index contributed by atoms with van der Waals surface area (Å²) in [6.45, 7) is 0. The van der Waals surface area contributed by atoms with E-state index in [4.69, 9.17) is 0 Å². The van der Waals surface area contributed by atoms with Crippen LogP contribution in [0.2, 0.25) is 0 Å². The lowest BCUT2D eigenvalue weighted by Crippen LogP contribution is -2.40. The molecule has 0 bridgehead atoms. The second-order valence-electron chi connectivity index (χ2n) is 5.07. The lowest BCUT2D eigenvalue weighted by atomic mass is 10.0. The fourth-order valence-electron chi connectivity index (χ4n) is 2.49.